The molecule has 0 aromatic heterocycles. The number of hydrogen-bond donors (Lipinski definition) is 1. The van der Waals surface area contributed by atoms with Crippen molar-refractivity contribution < 1.29 is 9.47 Å². The second-order valence-electron chi connectivity index (χ2n) is 3.70. The van der Waals surface area contributed by atoms with E-state index in [0.717, 1.165) is 19.7 Å². The first kappa shape index (κ1) is 11.0. The summed E-state index contributed by atoms with van der Waals surface area (Å²) in [5.74, 6) is 0. The van der Waals surface area contributed by atoms with Crippen LogP contribution >= 0.6 is 0 Å². The molecule has 1 aliphatic carbocycles. The molecule has 0 amide bonds. The van der Waals surface area contributed by atoms with Gasteiger partial charge in [-0.05, 0) is 26.2 Å². The summed E-state index contributed by atoms with van der Waals surface area (Å²) < 4.78 is 10.7. The molecule has 3 nitrogen and oxygen atoms in total. The van der Waals surface area contributed by atoms with Crippen LogP contribution in [0.3, 0.4) is 0 Å². The fourth-order valence-electron chi connectivity index (χ4n) is 1.36. The fraction of sp³-hybridized carbons (Fsp3) is 1.00. The quantitative estimate of drug-likeness (QED) is 0.607. The lowest BCUT2D eigenvalue weighted by Gasteiger charge is -2.29. The Bertz CT molecular complexity index is 126. The lowest BCUT2D eigenvalue weighted by atomic mass is 9.96. The molecule has 0 aromatic carbocycles. The van der Waals surface area contributed by atoms with Crippen LogP contribution in [0.5, 0.6) is 0 Å². The third-order valence-corrected chi connectivity index (χ3v) is 2.39. The van der Waals surface area contributed by atoms with Gasteiger partial charge < -0.3 is 14.8 Å². The predicted octanol–water partition coefficient (Wildman–Crippen LogP) is 1.18. The van der Waals surface area contributed by atoms with Crippen molar-refractivity contribution in [1.82, 2.24) is 5.32 Å². The van der Waals surface area contributed by atoms with Crippen LogP contribution in [0.2, 0.25) is 0 Å². The van der Waals surface area contributed by atoms with Crippen LogP contribution in [0.25, 0.3) is 0 Å². The molecular formula is C10H21NO2. The molecule has 1 aliphatic rings. The Morgan fingerprint density at radius 2 is 2.23 bits per heavy atom. The van der Waals surface area contributed by atoms with Gasteiger partial charge in [-0.15, -0.1) is 0 Å². The van der Waals surface area contributed by atoms with Crippen LogP contribution in [0.4, 0.5) is 0 Å². The summed E-state index contributed by atoms with van der Waals surface area (Å²) in [4.78, 5) is 0. The standard InChI is InChI=1S/C10H21NO2/c1-9(8-11-6-7-12-2)13-10-4-3-5-10/h9-11H,3-8H2,1-2H3. The maximum atomic E-state index is 5.76. The highest BCUT2D eigenvalue weighted by atomic mass is 16.5. The van der Waals surface area contributed by atoms with Crippen molar-refractivity contribution in [2.75, 3.05) is 26.8 Å². The molecule has 1 rings (SSSR count). The van der Waals surface area contributed by atoms with E-state index in [9.17, 15) is 0 Å². The Kier molecular flexibility index (Phi) is 5.35. The zero-order chi connectivity index (χ0) is 9.52. The molecule has 13 heavy (non-hydrogen) atoms. The van der Waals surface area contributed by atoms with Crippen LogP contribution < -0.4 is 5.32 Å². The van der Waals surface area contributed by atoms with Gasteiger partial charge >= 0.3 is 0 Å². The van der Waals surface area contributed by atoms with Gasteiger partial charge in [0, 0.05) is 20.2 Å². The molecule has 1 N–H and O–H groups in total. The largest absolute Gasteiger partial charge is 0.383 e. The van der Waals surface area contributed by atoms with Gasteiger partial charge in [0.2, 0.25) is 0 Å². The second-order valence-corrected chi connectivity index (χ2v) is 3.70. The molecule has 0 radical (unpaired) electrons. The summed E-state index contributed by atoms with van der Waals surface area (Å²) >= 11 is 0. The highest BCUT2D eigenvalue weighted by Crippen LogP contribution is 2.22. The van der Waals surface area contributed by atoms with Crippen molar-refractivity contribution >= 4 is 0 Å². The van der Waals surface area contributed by atoms with E-state index in [2.05, 4.69) is 12.2 Å². The molecule has 78 valence electrons. The molecule has 0 aromatic rings. The van der Waals surface area contributed by atoms with Crippen molar-refractivity contribution in [2.24, 2.45) is 0 Å². The van der Waals surface area contributed by atoms with Crippen LogP contribution in [-0.4, -0.2) is 39.0 Å². The number of methoxy groups -OCH3 is 1. The van der Waals surface area contributed by atoms with Gasteiger partial charge in [-0.25, -0.2) is 0 Å². The summed E-state index contributed by atoms with van der Waals surface area (Å²) in [6, 6.07) is 0. The van der Waals surface area contributed by atoms with Gasteiger partial charge in [-0.1, -0.05) is 0 Å². The van der Waals surface area contributed by atoms with Crippen LogP contribution in [0.15, 0.2) is 0 Å². The van der Waals surface area contributed by atoms with Gasteiger partial charge in [-0.2, -0.15) is 0 Å². The van der Waals surface area contributed by atoms with E-state index < -0.39 is 0 Å². The van der Waals surface area contributed by atoms with E-state index in [4.69, 9.17) is 9.47 Å². The van der Waals surface area contributed by atoms with Gasteiger partial charge in [0.1, 0.15) is 0 Å². The molecule has 1 fully saturated rings. The summed E-state index contributed by atoms with van der Waals surface area (Å²) in [7, 11) is 1.72. The van der Waals surface area contributed by atoms with E-state index in [1.807, 2.05) is 0 Å². The minimum Gasteiger partial charge on any atom is -0.383 e. The molecule has 0 saturated heterocycles. The first-order valence-electron chi connectivity index (χ1n) is 5.18. The monoisotopic (exact) mass is 187 g/mol. The normalized spacial score (nSPS) is 19.8. The van der Waals surface area contributed by atoms with Crippen molar-refractivity contribution in [3.05, 3.63) is 0 Å². The lowest BCUT2D eigenvalue weighted by molar-refractivity contribution is -0.0420. The van der Waals surface area contributed by atoms with Gasteiger partial charge in [0.25, 0.3) is 0 Å². The smallest absolute Gasteiger partial charge is 0.0675 e. The second kappa shape index (κ2) is 6.35. The average Bonchev–Trinajstić information content (AvgIpc) is 2.06. The zero-order valence-corrected chi connectivity index (χ0v) is 8.71. The molecule has 1 unspecified atom stereocenters. The minimum atomic E-state index is 0.335. The third kappa shape index (κ3) is 4.60. The van der Waals surface area contributed by atoms with Crippen LogP contribution in [-0.2, 0) is 9.47 Å². The predicted molar refractivity (Wildman–Crippen MR) is 52.9 cm³/mol. The maximum Gasteiger partial charge on any atom is 0.0675 e. The SMILES string of the molecule is COCCNCC(C)OC1CCC1. The Morgan fingerprint density at radius 3 is 2.77 bits per heavy atom. The minimum absolute atomic E-state index is 0.335. The summed E-state index contributed by atoms with van der Waals surface area (Å²) in [5, 5.41) is 3.29. The Morgan fingerprint density at radius 1 is 1.46 bits per heavy atom. The van der Waals surface area contributed by atoms with E-state index in [0.29, 0.717) is 12.2 Å². The highest BCUT2D eigenvalue weighted by Gasteiger charge is 2.19. The molecule has 1 atom stereocenters. The molecule has 3 heteroatoms. The maximum absolute atomic E-state index is 5.76. The molecule has 0 spiro atoms. The van der Waals surface area contributed by atoms with Crippen molar-refractivity contribution in [2.45, 2.75) is 38.4 Å². The highest BCUT2D eigenvalue weighted by molar-refractivity contribution is 4.71. The van der Waals surface area contributed by atoms with E-state index in [-0.39, 0.29) is 0 Å². The average molecular weight is 187 g/mol. The van der Waals surface area contributed by atoms with Gasteiger partial charge in [-0.3, -0.25) is 0 Å². The van der Waals surface area contributed by atoms with E-state index >= 15 is 0 Å². The zero-order valence-electron chi connectivity index (χ0n) is 8.71. The molecule has 1 saturated carbocycles. The first-order valence-corrected chi connectivity index (χ1v) is 5.18. The molecular weight excluding hydrogens is 166 g/mol. The summed E-state index contributed by atoms with van der Waals surface area (Å²) in [5.41, 5.74) is 0. The number of ether oxygens (including phenoxy) is 2. The topological polar surface area (TPSA) is 30.5 Å². The van der Waals surface area contributed by atoms with Gasteiger partial charge in [0.15, 0.2) is 0 Å². The van der Waals surface area contributed by atoms with Gasteiger partial charge in [0.05, 0.1) is 18.8 Å². The lowest BCUT2D eigenvalue weighted by Crippen LogP contribution is -2.34. The Balaban J connectivity index is 1.87. The molecule has 0 bridgehead atoms. The first-order chi connectivity index (χ1) is 6.33. The van der Waals surface area contributed by atoms with E-state index in [1.165, 1.54) is 19.3 Å². The number of hydrogen-bond acceptors (Lipinski definition) is 3. The third-order valence-electron chi connectivity index (χ3n) is 2.39. The van der Waals surface area contributed by atoms with Crippen LogP contribution in [0, 0.1) is 0 Å². The summed E-state index contributed by atoms with van der Waals surface area (Å²) in [6.07, 6.45) is 4.72. The molecule has 0 aliphatic heterocycles. The van der Waals surface area contributed by atoms with Crippen molar-refractivity contribution in [3.8, 4) is 0 Å². The number of nitrogens with one attached hydrogen (secondary N) is 1. The van der Waals surface area contributed by atoms with E-state index in [1.54, 1.807) is 7.11 Å². The fourth-order valence-corrected chi connectivity index (χ4v) is 1.36. The van der Waals surface area contributed by atoms with Crippen LogP contribution in [0.1, 0.15) is 26.2 Å². The Hall–Kier alpha value is -0.120. The number of rotatable bonds is 7. The van der Waals surface area contributed by atoms with Crippen molar-refractivity contribution in [1.29, 1.82) is 0 Å². The molecule has 0 heterocycles. The Labute approximate surface area is 80.8 Å². The summed E-state index contributed by atoms with van der Waals surface area (Å²) in [6.45, 7) is 4.74. The van der Waals surface area contributed by atoms with Crippen molar-refractivity contribution in [3.63, 3.8) is 0 Å².